The Morgan fingerprint density at radius 2 is 1.85 bits per heavy atom. The lowest BCUT2D eigenvalue weighted by Gasteiger charge is -2.13. The molecule has 0 atom stereocenters. The zero-order valence-electron chi connectivity index (χ0n) is 17.4. The Morgan fingerprint density at radius 1 is 1.12 bits per heavy atom. The van der Waals surface area contributed by atoms with E-state index in [0.717, 1.165) is 4.90 Å². The number of amides is 2. The number of methoxy groups -OCH3 is 1. The Balaban J connectivity index is 1.85. The van der Waals surface area contributed by atoms with Crippen molar-refractivity contribution in [1.82, 2.24) is 4.90 Å². The minimum Gasteiger partial charge on any atom is -0.493 e. The number of halogens is 2. The predicted octanol–water partition coefficient (Wildman–Crippen LogP) is 5.04. The van der Waals surface area contributed by atoms with Gasteiger partial charge >= 0.3 is 11.9 Å². The van der Waals surface area contributed by atoms with E-state index >= 15 is 0 Å². The molecule has 0 N–H and O–H groups in total. The summed E-state index contributed by atoms with van der Waals surface area (Å²) in [7, 11) is 1.41. The summed E-state index contributed by atoms with van der Waals surface area (Å²) in [6, 6.07) is 10.0. The number of carbonyl (C=O) groups excluding carboxylic acids is 4. The minimum absolute atomic E-state index is 0.135. The number of hydrogen-bond acceptors (Lipinski definition) is 8. The highest BCUT2D eigenvalue weighted by Gasteiger charge is 2.36. The molecule has 33 heavy (non-hydrogen) atoms. The standard InChI is InChI=1S/C22H17Br2NO7S/c1-3-31-18(26)11-25-20(27)17(33-22(25)29)10-12-8-15(24)19(16(9-12)30-2)32-21(28)13-6-4-5-7-14(13)23/h4-10H,3,11H2,1-2H3/b17-10-. The number of imide groups is 1. The Hall–Kier alpha value is -2.63. The van der Waals surface area contributed by atoms with Crippen LogP contribution in [0.3, 0.4) is 0 Å². The average molecular weight is 599 g/mol. The molecule has 0 aromatic heterocycles. The summed E-state index contributed by atoms with van der Waals surface area (Å²) in [5, 5.41) is -0.565. The van der Waals surface area contributed by atoms with Gasteiger partial charge in [0.25, 0.3) is 11.1 Å². The van der Waals surface area contributed by atoms with Crippen LogP contribution in [0, 0.1) is 0 Å². The zero-order chi connectivity index (χ0) is 24.1. The van der Waals surface area contributed by atoms with Crippen molar-refractivity contribution in [3.05, 3.63) is 61.4 Å². The molecule has 0 saturated carbocycles. The van der Waals surface area contributed by atoms with E-state index in [1.165, 1.54) is 13.2 Å². The largest absolute Gasteiger partial charge is 0.493 e. The van der Waals surface area contributed by atoms with E-state index in [9.17, 15) is 19.2 Å². The van der Waals surface area contributed by atoms with Gasteiger partial charge < -0.3 is 14.2 Å². The van der Waals surface area contributed by atoms with Crippen molar-refractivity contribution in [3.8, 4) is 11.5 Å². The molecule has 3 rings (SSSR count). The average Bonchev–Trinajstić information content (AvgIpc) is 3.03. The Morgan fingerprint density at radius 3 is 2.52 bits per heavy atom. The molecule has 2 aromatic carbocycles. The number of rotatable bonds is 7. The van der Waals surface area contributed by atoms with Gasteiger partial charge in [-0.25, -0.2) is 4.79 Å². The molecular weight excluding hydrogens is 582 g/mol. The molecular formula is C22H17Br2NO7S. The highest BCUT2D eigenvalue weighted by molar-refractivity contribution is 9.10. The van der Waals surface area contributed by atoms with Crippen LogP contribution in [0.25, 0.3) is 6.08 Å². The lowest BCUT2D eigenvalue weighted by atomic mass is 10.1. The fourth-order valence-electron chi connectivity index (χ4n) is 2.82. The first-order chi connectivity index (χ1) is 15.7. The van der Waals surface area contributed by atoms with Crippen molar-refractivity contribution in [2.24, 2.45) is 0 Å². The SMILES string of the molecule is CCOC(=O)CN1C(=O)S/C(=C\c2cc(Br)c(OC(=O)c3ccccc3Br)c(OC)c2)C1=O. The lowest BCUT2D eigenvalue weighted by Crippen LogP contribution is -2.34. The monoisotopic (exact) mass is 597 g/mol. The Bertz CT molecular complexity index is 1170. The van der Waals surface area contributed by atoms with Crippen molar-refractivity contribution < 1.29 is 33.4 Å². The van der Waals surface area contributed by atoms with Crippen LogP contribution in [-0.2, 0) is 14.3 Å². The van der Waals surface area contributed by atoms with Gasteiger partial charge in [0.15, 0.2) is 11.5 Å². The third-order valence-electron chi connectivity index (χ3n) is 4.30. The molecule has 1 aliphatic rings. The van der Waals surface area contributed by atoms with Crippen LogP contribution in [0.4, 0.5) is 4.79 Å². The first kappa shape index (κ1) is 25.0. The summed E-state index contributed by atoms with van der Waals surface area (Å²) in [6.07, 6.45) is 1.49. The molecule has 172 valence electrons. The fourth-order valence-corrected chi connectivity index (χ4v) is 4.65. The molecule has 0 aliphatic carbocycles. The predicted molar refractivity (Wildman–Crippen MR) is 129 cm³/mol. The van der Waals surface area contributed by atoms with E-state index in [-0.39, 0.29) is 23.0 Å². The summed E-state index contributed by atoms with van der Waals surface area (Å²) < 4.78 is 16.7. The smallest absolute Gasteiger partial charge is 0.344 e. The number of nitrogens with zero attached hydrogens (tertiary/aromatic N) is 1. The third-order valence-corrected chi connectivity index (χ3v) is 6.49. The van der Waals surface area contributed by atoms with Gasteiger partial charge in [-0.3, -0.25) is 19.3 Å². The van der Waals surface area contributed by atoms with Gasteiger partial charge in [0.2, 0.25) is 0 Å². The van der Waals surface area contributed by atoms with Gasteiger partial charge in [-0.1, -0.05) is 12.1 Å². The second-order valence-corrected chi connectivity index (χ2v) is 9.18. The highest BCUT2D eigenvalue weighted by atomic mass is 79.9. The minimum atomic E-state index is -0.665. The number of ether oxygens (including phenoxy) is 3. The zero-order valence-corrected chi connectivity index (χ0v) is 21.4. The van der Waals surface area contributed by atoms with Crippen LogP contribution in [0.2, 0.25) is 0 Å². The Labute approximate surface area is 210 Å². The van der Waals surface area contributed by atoms with Gasteiger partial charge in [0.1, 0.15) is 6.54 Å². The molecule has 0 radical (unpaired) electrons. The first-order valence-corrected chi connectivity index (χ1v) is 11.9. The molecule has 0 bridgehead atoms. The van der Waals surface area contributed by atoms with E-state index in [4.69, 9.17) is 14.2 Å². The van der Waals surface area contributed by atoms with Gasteiger partial charge in [0, 0.05) is 4.47 Å². The third kappa shape index (κ3) is 5.84. The highest BCUT2D eigenvalue weighted by Crippen LogP contribution is 2.39. The summed E-state index contributed by atoms with van der Waals surface area (Å²) in [4.78, 5) is 50.0. The second kappa shape index (κ2) is 11.0. The van der Waals surface area contributed by atoms with Crippen molar-refractivity contribution in [1.29, 1.82) is 0 Å². The Kier molecular flexibility index (Phi) is 8.33. The van der Waals surface area contributed by atoms with E-state index in [2.05, 4.69) is 31.9 Å². The van der Waals surface area contributed by atoms with Crippen molar-refractivity contribution in [2.75, 3.05) is 20.3 Å². The van der Waals surface area contributed by atoms with E-state index in [1.54, 1.807) is 43.3 Å². The second-order valence-electron chi connectivity index (χ2n) is 6.48. The fraction of sp³-hybridized carbons (Fsp3) is 0.182. The van der Waals surface area contributed by atoms with E-state index in [1.807, 2.05) is 0 Å². The van der Waals surface area contributed by atoms with Crippen LogP contribution >= 0.6 is 43.6 Å². The summed E-state index contributed by atoms with van der Waals surface area (Å²) in [6.45, 7) is 1.33. The van der Waals surface area contributed by atoms with Crippen LogP contribution in [0.1, 0.15) is 22.8 Å². The molecule has 0 unspecified atom stereocenters. The van der Waals surface area contributed by atoms with Crippen molar-refractivity contribution in [2.45, 2.75) is 6.92 Å². The summed E-state index contributed by atoms with van der Waals surface area (Å²) in [5.41, 5.74) is 0.854. The molecule has 1 fully saturated rings. The van der Waals surface area contributed by atoms with Crippen LogP contribution < -0.4 is 9.47 Å². The normalized spacial score (nSPS) is 14.5. The van der Waals surface area contributed by atoms with Gasteiger partial charge in [-0.05, 0) is 86.5 Å². The van der Waals surface area contributed by atoms with Crippen LogP contribution in [0.15, 0.2) is 50.2 Å². The molecule has 0 spiro atoms. The van der Waals surface area contributed by atoms with Crippen LogP contribution in [-0.4, -0.2) is 48.2 Å². The molecule has 2 amide bonds. The summed E-state index contributed by atoms with van der Waals surface area (Å²) in [5.74, 6) is -1.46. The van der Waals surface area contributed by atoms with Gasteiger partial charge in [0.05, 0.1) is 28.7 Å². The molecule has 1 heterocycles. The first-order valence-electron chi connectivity index (χ1n) is 9.50. The maximum Gasteiger partial charge on any atom is 0.344 e. The number of esters is 2. The topological polar surface area (TPSA) is 99.2 Å². The molecule has 1 saturated heterocycles. The number of hydrogen-bond donors (Lipinski definition) is 0. The van der Waals surface area contributed by atoms with Gasteiger partial charge in [-0.15, -0.1) is 0 Å². The molecule has 8 nitrogen and oxygen atoms in total. The number of benzene rings is 2. The lowest BCUT2D eigenvalue weighted by molar-refractivity contribution is -0.145. The van der Waals surface area contributed by atoms with Crippen molar-refractivity contribution >= 4 is 72.8 Å². The maximum absolute atomic E-state index is 12.6. The number of thioether (sulfide) groups is 1. The molecule has 1 aliphatic heterocycles. The molecule has 2 aromatic rings. The van der Waals surface area contributed by atoms with Crippen molar-refractivity contribution in [3.63, 3.8) is 0 Å². The van der Waals surface area contributed by atoms with Gasteiger partial charge in [-0.2, -0.15) is 0 Å². The van der Waals surface area contributed by atoms with E-state index < -0.39 is 29.6 Å². The molecule has 11 heteroatoms. The quantitative estimate of drug-likeness (QED) is 0.248. The van der Waals surface area contributed by atoms with E-state index in [0.29, 0.717) is 31.8 Å². The van der Waals surface area contributed by atoms with Crippen LogP contribution in [0.5, 0.6) is 11.5 Å². The maximum atomic E-state index is 12.6. The number of carbonyl (C=O) groups is 4. The summed E-state index contributed by atoms with van der Waals surface area (Å²) >= 11 is 7.40.